The van der Waals surface area contributed by atoms with Gasteiger partial charge < -0.3 is 20.0 Å². The highest BCUT2D eigenvalue weighted by molar-refractivity contribution is 14.0. The summed E-state index contributed by atoms with van der Waals surface area (Å²) < 4.78 is 5.20. The second-order valence-electron chi connectivity index (χ2n) is 5.56. The second-order valence-corrected chi connectivity index (χ2v) is 5.56. The maximum Gasteiger partial charge on any atom is 0.242 e. The Bertz CT molecular complexity index is 716. The molecule has 0 fully saturated rings. The number of aliphatic imine (C=N–C) groups is 1. The first-order valence-electron chi connectivity index (χ1n) is 8.20. The fraction of sp³-hybridized carbons (Fsp3) is 0.333. The van der Waals surface area contributed by atoms with Gasteiger partial charge in [-0.2, -0.15) is 0 Å². The van der Waals surface area contributed by atoms with Gasteiger partial charge in [-0.25, -0.2) is 4.99 Å². The topological polar surface area (TPSA) is 69.9 Å². The standard InChI is InChI=1S/C18H22N4O2.HI/c1-2-19-18(22-10-9-14-6-3-4-8-16(14)22)21-13-17(23)20-12-15-7-5-11-24-15;/h3-8,11H,2,9-10,12-13H2,1H3,(H,19,21)(H,20,23);1H. The van der Waals surface area contributed by atoms with Gasteiger partial charge in [-0.05, 0) is 37.1 Å². The van der Waals surface area contributed by atoms with Gasteiger partial charge in [-0.3, -0.25) is 4.79 Å². The first-order chi connectivity index (χ1) is 11.8. The number of carbonyl (C=O) groups is 1. The number of furan rings is 1. The van der Waals surface area contributed by atoms with Gasteiger partial charge >= 0.3 is 0 Å². The van der Waals surface area contributed by atoms with Crippen LogP contribution in [0.1, 0.15) is 18.2 Å². The van der Waals surface area contributed by atoms with Gasteiger partial charge in [0.05, 0.1) is 12.8 Å². The Balaban J connectivity index is 0.00000225. The lowest BCUT2D eigenvalue weighted by atomic mass is 10.2. The summed E-state index contributed by atoms with van der Waals surface area (Å²) in [7, 11) is 0. The molecule has 1 aliphatic heterocycles. The number of carbonyl (C=O) groups excluding carboxylic acids is 1. The van der Waals surface area contributed by atoms with E-state index in [1.165, 1.54) is 5.56 Å². The number of amides is 1. The minimum Gasteiger partial charge on any atom is -0.467 e. The fourth-order valence-corrected chi connectivity index (χ4v) is 2.75. The average molecular weight is 454 g/mol. The predicted molar refractivity (Wildman–Crippen MR) is 109 cm³/mol. The van der Waals surface area contributed by atoms with Crippen molar-refractivity contribution >= 4 is 41.5 Å². The molecule has 0 atom stereocenters. The summed E-state index contributed by atoms with van der Waals surface area (Å²) in [6.45, 7) is 4.12. The maximum absolute atomic E-state index is 12.0. The number of halogens is 1. The van der Waals surface area contributed by atoms with Crippen LogP contribution in [0.25, 0.3) is 0 Å². The molecule has 0 spiro atoms. The van der Waals surface area contributed by atoms with Crippen molar-refractivity contribution in [2.24, 2.45) is 4.99 Å². The SMILES string of the molecule is CCNC(=NCC(=O)NCc1ccco1)N1CCc2ccccc21.I. The fourth-order valence-electron chi connectivity index (χ4n) is 2.75. The smallest absolute Gasteiger partial charge is 0.242 e. The van der Waals surface area contributed by atoms with E-state index >= 15 is 0 Å². The van der Waals surface area contributed by atoms with E-state index in [-0.39, 0.29) is 36.4 Å². The zero-order valence-corrected chi connectivity index (χ0v) is 16.5. The van der Waals surface area contributed by atoms with Crippen LogP contribution in [0, 0.1) is 0 Å². The maximum atomic E-state index is 12.0. The molecule has 2 aromatic rings. The van der Waals surface area contributed by atoms with E-state index in [9.17, 15) is 4.79 Å². The van der Waals surface area contributed by atoms with Crippen LogP contribution >= 0.6 is 24.0 Å². The van der Waals surface area contributed by atoms with Gasteiger partial charge in [0.15, 0.2) is 5.96 Å². The summed E-state index contributed by atoms with van der Waals surface area (Å²) in [6.07, 6.45) is 2.58. The van der Waals surface area contributed by atoms with Gasteiger partial charge in [-0.15, -0.1) is 24.0 Å². The quantitative estimate of drug-likeness (QED) is 0.414. The first-order valence-corrected chi connectivity index (χ1v) is 8.20. The summed E-state index contributed by atoms with van der Waals surface area (Å²) in [5, 5.41) is 6.07. The van der Waals surface area contributed by atoms with Gasteiger partial charge in [0.25, 0.3) is 0 Å². The molecule has 0 bridgehead atoms. The third-order valence-corrected chi connectivity index (χ3v) is 3.89. The number of nitrogens with one attached hydrogen (secondary N) is 2. The van der Waals surface area contributed by atoms with Crippen molar-refractivity contribution in [1.82, 2.24) is 10.6 Å². The lowest BCUT2D eigenvalue weighted by molar-refractivity contribution is -0.119. The highest BCUT2D eigenvalue weighted by Gasteiger charge is 2.22. The molecule has 0 radical (unpaired) electrons. The normalized spacial score (nSPS) is 13.2. The third kappa shape index (κ3) is 4.97. The lowest BCUT2D eigenvalue weighted by Gasteiger charge is -2.22. The summed E-state index contributed by atoms with van der Waals surface area (Å²) in [5.41, 5.74) is 2.47. The molecule has 1 aromatic carbocycles. The molecular weight excluding hydrogens is 431 g/mol. The van der Waals surface area contributed by atoms with Crippen LogP contribution in [0.3, 0.4) is 0 Å². The van der Waals surface area contributed by atoms with Gasteiger partial charge in [0.2, 0.25) is 5.91 Å². The first kappa shape index (κ1) is 19.3. The minimum absolute atomic E-state index is 0. The van der Waals surface area contributed by atoms with E-state index < -0.39 is 0 Å². The molecule has 1 amide bonds. The van der Waals surface area contributed by atoms with E-state index in [4.69, 9.17) is 4.42 Å². The van der Waals surface area contributed by atoms with Crippen molar-refractivity contribution in [3.05, 3.63) is 54.0 Å². The van der Waals surface area contributed by atoms with Crippen molar-refractivity contribution in [3.8, 4) is 0 Å². The molecular formula is C18H23IN4O2. The number of benzene rings is 1. The summed E-state index contributed by atoms with van der Waals surface area (Å²) in [5.74, 6) is 1.34. The van der Waals surface area contributed by atoms with Crippen LogP contribution in [0.15, 0.2) is 52.1 Å². The zero-order chi connectivity index (χ0) is 16.8. The summed E-state index contributed by atoms with van der Waals surface area (Å²) >= 11 is 0. The number of hydrogen-bond donors (Lipinski definition) is 2. The van der Waals surface area contributed by atoms with Gasteiger partial charge in [-0.1, -0.05) is 18.2 Å². The van der Waals surface area contributed by atoms with E-state index in [2.05, 4.69) is 38.7 Å². The molecule has 2 N–H and O–H groups in total. The van der Waals surface area contributed by atoms with Crippen molar-refractivity contribution in [1.29, 1.82) is 0 Å². The molecule has 6 nitrogen and oxygen atoms in total. The molecule has 134 valence electrons. The van der Waals surface area contributed by atoms with Crippen LogP contribution < -0.4 is 15.5 Å². The van der Waals surface area contributed by atoms with Crippen LogP contribution in [0.5, 0.6) is 0 Å². The number of guanidine groups is 1. The largest absolute Gasteiger partial charge is 0.467 e. The third-order valence-electron chi connectivity index (χ3n) is 3.89. The second kappa shape index (κ2) is 9.45. The molecule has 25 heavy (non-hydrogen) atoms. The Kier molecular flexibility index (Phi) is 7.30. The van der Waals surface area contributed by atoms with Crippen molar-refractivity contribution < 1.29 is 9.21 Å². The van der Waals surface area contributed by atoms with Crippen LogP contribution in [-0.4, -0.2) is 31.5 Å². The van der Waals surface area contributed by atoms with E-state index in [0.717, 1.165) is 36.9 Å². The molecule has 0 aliphatic carbocycles. The highest BCUT2D eigenvalue weighted by atomic mass is 127. The Labute approximate surface area is 164 Å². The number of anilines is 1. The minimum atomic E-state index is -0.130. The van der Waals surface area contributed by atoms with Crippen LogP contribution in [0.4, 0.5) is 5.69 Å². The Morgan fingerprint density at radius 1 is 1.24 bits per heavy atom. The number of fused-ring (bicyclic) bond motifs is 1. The van der Waals surface area contributed by atoms with Crippen molar-refractivity contribution in [2.75, 3.05) is 24.5 Å². The Morgan fingerprint density at radius 2 is 2.08 bits per heavy atom. The van der Waals surface area contributed by atoms with Crippen molar-refractivity contribution in [3.63, 3.8) is 0 Å². The average Bonchev–Trinajstić information content (AvgIpc) is 3.26. The molecule has 1 aliphatic rings. The molecule has 7 heteroatoms. The van der Waals surface area contributed by atoms with Gasteiger partial charge in [0, 0.05) is 18.8 Å². The molecule has 1 aromatic heterocycles. The zero-order valence-electron chi connectivity index (χ0n) is 14.2. The monoisotopic (exact) mass is 454 g/mol. The van der Waals surface area contributed by atoms with E-state index in [1.807, 2.05) is 19.1 Å². The molecule has 3 rings (SSSR count). The number of para-hydroxylation sites is 1. The molecule has 0 saturated heterocycles. The van der Waals surface area contributed by atoms with Crippen LogP contribution in [-0.2, 0) is 17.8 Å². The lowest BCUT2D eigenvalue weighted by Crippen LogP contribution is -2.41. The Hall–Kier alpha value is -2.03. The number of hydrogen-bond acceptors (Lipinski definition) is 3. The summed E-state index contributed by atoms with van der Waals surface area (Å²) in [4.78, 5) is 18.6. The predicted octanol–water partition coefficient (Wildman–Crippen LogP) is 2.54. The number of nitrogens with zero attached hydrogens (tertiary/aromatic N) is 2. The van der Waals surface area contributed by atoms with Gasteiger partial charge in [0.1, 0.15) is 12.3 Å². The molecule has 0 saturated carbocycles. The van der Waals surface area contributed by atoms with E-state index in [0.29, 0.717) is 6.54 Å². The highest BCUT2D eigenvalue weighted by Crippen LogP contribution is 2.27. The molecule has 0 unspecified atom stereocenters. The van der Waals surface area contributed by atoms with E-state index in [1.54, 1.807) is 12.3 Å². The van der Waals surface area contributed by atoms with Crippen LogP contribution in [0.2, 0.25) is 0 Å². The summed E-state index contributed by atoms with van der Waals surface area (Å²) in [6, 6.07) is 11.9. The van der Waals surface area contributed by atoms with Crippen molar-refractivity contribution in [2.45, 2.75) is 19.9 Å². The number of rotatable bonds is 5. The molecule has 2 heterocycles. The Morgan fingerprint density at radius 3 is 2.84 bits per heavy atom.